The molecule has 1 aromatic carbocycles. The minimum Gasteiger partial charge on any atom is -0.434 e. The lowest BCUT2D eigenvalue weighted by atomic mass is 9.60. The molecule has 3 atom stereocenters. The van der Waals surface area contributed by atoms with Gasteiger partial charge in [-0.25, -0.2) is 9.37 Å². The van der Waals surface area contributed by atoms with Crippen molar-refractivity contribution in [3.63, 3.8) is 0 Å². The maximum absolute atomic E-state index is 14.5. The van der Waals surface area contributed by atoms with Crippen molar-refractivity contribution in [1.82, 2.24) is 10.3 Å². The molecule has 2 fully saturated rings. The summed E-state index contributed by atoms with van der Waals surface area (Å²) in [5.41, 5.74) is -1.15. The molecule has 4 rings (SSSR count). The fraction of sp³-hybridized carbons (Fsp3) is 0.676. The number of rotatable bonds is 15. The molecule has 2 unspecified atom stereocenters. The standard InChI is InChI=1S/C22H38F2O.C15H15F3N2OS/c1-7-16(3)14-18(21(4,5)6)15-22(8-2,13-12-19(23)24)20(25)17-10-9-11-17;1-2-10-6-20-13(22-10)11-5-9(15(18)7-19-8-15)3-4-12(11)21-14(16)17/h12,16-18H,7-11,13-15H2,1-6H3;3-6,14,19H,2,7-8H2,1H3/t16?,18?,22-;/m1./s1. The highest BCUT2D eigenvalue weighted by Crippen LogP contribution is 2.48. The highest BCUT2D eigenvalue weighted by atomic mass is 32.1. The van der Waals surface area contributed by atoms with Gasteiger partial charge in [-0.15, -0.1) is 11.3 Å². The molecule has 1 saturated heterocycles. The number of carbonyl (C=O) groups is 1. The number of ether oxygens (including phenoxy) is 1. The van der Waals surface area contributed by atoms with E-state index in [2.05, 4.69) is 49.7 Å². The van der Waals surface area contributed by atoms with Gasteiger partial charge >= 0.3 is 6.61 Å². The van der Waals surface area contributed by atoms with E-state index in [0.717, 1.165) is 55.9 Å². The van der Waals surface area contributed by atoms with Gasteiger partial charge < -0.3 is 10.1 Å². The highest BCUT2D eigenvalue weighted by Gasteiger charge is 2.45. The minimum absolute atomic E-state index is 0.0200. The molecule has 2 aromatic rings. The number of nitrogens with zero attached hydrogens (tertiary/aromatic N) is 1. The summed E-state index contributed by atoms with van der Waals surface area (Å²) >= 11 is 1.40. The maximum atomic E-state index is 14.5. The lowest BCUT2D eigenvalue weighted by Crippen LogP contribution is -2.53. The average Bonchev–Trinajstić information content (AvgIpc) is 3.45. The molecular formula is C37H53F5N2O2S. The Morgan fingerprint density at radius 1 is 1.17 bits per heavy atom. The van der Waals surface area contributed by atoms with Gasteiger partial charge in [0.2, 0.25) is 0 Å². The first kappa shape index (κ1) is 39.1. The molecule has 1 aliphatic carbocycles. The summed E-state index contributed by atoms with van der Waals surface area (Å²) in [6.45, 7) is 12.6. The Morgan fingerprint density at radius 3 is 2.30 bits per heavy atom. The molecule has 0 spiro atoms. The molecule has 0 radical (unpaired) electrons. The summed E-state index contributed by atoms with van der Waals surface area (Å²) in [4.78, 5) is 18.5. The number of hydrogen-bond acceptors (Lipinski definition) is 5. The van der Waals surface area contributed by atoms with Gasteiger partial charge in [0, 0.05) is 35.5 Å². The zero-order valence-electron chi connectivity index (χ0n) is 29.0. The molecule has 4 nitrogen and oxygen atoms in total. The predicted molar refractivity (Wildman–Crippen MR) is 181 cm³/mol. The molecular weight excluding hydrogens is 631 g/mol. The van der Waals surface area contributed by atoms with E-state index in [9.17, 15) is 26.7 Å². The lowest BCUT2D eigenvalue weighted by Gasteiger charge is -2.43. The summed E-state index contributed by atoms with van der Waals surface area (Å²) in [6, 6.07) is 4.46. The quantitative estimate of drug-likeness (QED) is 0.190. The van der Waals surface area contributed by atoms with Crippen LogP contribution in [0.3, 0.4) is 0 Å². The highest BCUT2D eigenvalue weighted by molar-refractivity contribution is 7.15. The van der Waals surface area contributed by atoms with Crippen molar-refractivity contribution in [2.45, 2.75) is 119 Å². The van der Waals surface area contributed by atoms with E-state index in [0.29, 0.717) is 34.4 Å². The van der Waals surface area contributed by atoms with Crippen LogP contribution in [0.5, 0.6) is 5.75 Å². The SMILES string of the molecule is CCC(C)CC(C[C@@](CC)(CC=C(F)F)C(=O)C1CCC1)C(C)(C)C.CCc1cnc(-c2cc(C3(F)CNC3)ccc2OC(F)F)s1. The molecule has 1 aromatic heterocycles. The average molecular weight is 685 g/mol. The number of hydrogen-bond donors (Lipinski definition) is 1. The van der Waals surface area contributed by atoms with E-state index in [-0.39, 0.29) is 42.4 Å². The number of ketones is 1. The Labute approximate surface area is 282 Å². The van der Waals surface area contributed by atoms with Crippen LogP contribution < -0.4 is 10.1 Å². The third-order valence-electron chi connectivity index (χ3n) is 10.2. The Balaban J connectivity index is 0.000000257. The first-order valence-corrected chi connectivity index (χ1v) is 17.9. The summed E-state index contributed by atoms with van der Waals surface area (Å²) < 4.78 is 69.9. The maximum Gasteiger partial charge on any atom is 0.387 e. The van der Waals surface area contributed by atoms with Crippen LogP contribution in [0.15, 0.2) is 36.6 Å². The number of carbonyl (C=O) groups excluding carboxylic acids is 1. The normalized spacial score (nSPS) is 18.6. The van der Waals surface area contributed by atoms with Gasteiger partial charge in [-0.2, -0.15) is 17.6 Å². The van der Waals surface area contributed by atoms with Crippen molar-refractivity contribution in [2.75, 3.05) is 13.1 Å². The third-order valence-corrected chi connectivity index (χ3v) is 11.4. The molecule has 0 bridgehead atoms. The van der Waals surface area contributed by atoms with Crippen LogP contribution >= 0.6 is 11.3 Å². The smallest absolute Gasteiger partial charge is 0.387 e. The topological polar surface area (TPSA) is 51.2 Å². The van der Waals surface area contributed by atoms with E-state index < -0.39 is 23.8 Å². The molecule has 1 N–H and O–H groups in total. The van der Waals surface area contributed by atoms with Gasteiger partial charge in [0.25, 0.3) is 6.08 Å². The molecule has 2 heterocycles. The first-order valence-electron chi connectivity index (χ1n) is 17.1. The molecule has 264 valence electrons. The fourth-order valence-electron chi connectivity index (χ4n) is 6.31. The largest absolute Gasteiger partial charge is 0.434 e. The molecule has 0 amide bonds. The number of nitrogens with one attached hydrogen (secondary N) is 1. The molecule has 47 heavy (non-hydrogen) atoms. The van der Waals surface area contributed by atoms with E-state index in [1.807, 2.05) is 13.8 Å². The zero-order valence-corrected chi connectivity index (χ0v) is 29.9. The van der Waals surface area contributed by atoms with Crippen LogP contribution in [0.1, 0.15) is 110 Å². The molecule has 1 saturated carbocycles. The van der Waals surface area contributed by atoms with Crippen LogP contribution in [-0.4, -0.2) is 30.5 Å². The number of aromatic nitrogens is 1. The number of Topliss-reactive ketones (excluding diaryl/α,β-unsaturated/α-hetero) is 1. The van der Waals surface area contributed by atoms with Gasteiger partial charge in [0.05, 0.1) is 5.56 Å². The van der Waals surface area contributed by atoms with Gasteiger partial charge in [-0.1, -0.05) is 67.4 Å². The molecule has 1 aliphatic heterocycles. The van der Waals surface area contributed by atoms with Crippen molar-refractivity contribution in [1.29, 1.82) is 0 Å². The van der Waals surface area contributed by atoms with E-state index >= 15 is 0 Å². The van der Waals surface area contributed by atoms with Crippen molar-refractivity contribution >= 4 is 17.1 Å². The number of allylic oxidation sites excluding steroid dienone is 1. The first-order chi connectivity index (χ1) is 22.1. The Kier molecular flexibility index (Phi) is 14.0. The number of alkyl halides is 3. The van der Waals surface area contributed by atoms with Crippen LogP contribution in [-0.2, 0) is 16.9 Å². The van der Waals surface area contributed by atoms with E-state index in [4.69, 9.17) is 0 Å². The van der Waals surface area contributed by atoms with Crippen molar-refractivity contribution in [2.24, 2.45) is 28.6 Å². The lowest BCUT2D eigenvalue weighted by molar-refractivity contribution is -0.137. The number of aryl methyl sites for hydroxylation is 1. The summed E-state index contributed by atoms with van der Waals surface area (Å²) in [6.07, 6.45) is 8.55. The second-order valence-corrected chi connectivity index (χ2v) is 15.6. The van der Waals surface area contributed by atoms with Crippen molar-refractivity contribution in [3.8, 4) is 16.3 Å². The van der Waals surface area contributed by atoms with Gasteiger partial charge in [0.15, 0.2) is 5.67 Å². The summed E-state index contributed by atoms with van der Waals surface area (Å²) in [7, 11) is 0. The summed E-state index contributed by atoms with van der Waals surface area (Å²) in [5.74, 6) is 1.32. The number of halogens is 5. The van der Waals surface area contributed by atoms with Crippen LogP contribution in [0, 0.1) is 28.6 Å². The molecule has 10 heteroatoms. The van der Waals surface area contributed by atoms with Crippen LogP contribution in [0.4, 0.5) is 22.0 Å². The Morgan fingerprint density at radius 2 is 1.85 bits per heavy atom. The second-order valence-electron chi connectivity index (χ2n) is 14.5. The van der Waals surface area contributed by atoms with Gasteiger partial charge in [0.1, 0.15) is 16.5 Å². The zero-order chi connectivity index (χ0) is 35.0. The van der Waals surface area contributed by atoms with Crippen molar-refractivity contribution in [3.05, 3.63) is 47.0 Å². The number of thiazole rings is 1. The van der Waals surface area contributed by atoms with Crippen LogP contribution in [0.25, 0.3) is 10.6 Å². The van der Waals surface area contributed by atoms with Gasteiger partial charge in [-0.3, -0.25) is 4.79 Å². The third kappa shape index (κ3) is 10.3. The minimum atomic E-state index is -2.93. The number of benzene rings is 1. The van der Waals surface area contributed by atoms with Gasteiger partial charge in [-0.05, 0) is 86.0 Å². The summed E-state index contributed by atoms with van der Waals surface area (Å²) in [5, 5.41) is 3.44. The fourth-order valence-corrected chi connectivity index (χ4v) is 7.18. The Bertz CT molecular complexity index is 1330. The molecule has 2 aliphatic rings. The Hall–Kier alpha value is -2.33. The predicted octanol–water partition coefficient (Wildman–Crippen LogP) is 11.2. The van der Waals surface area contributed by atoms with E-state index in [1.165, 1.54) is 23.5 Å². The second kappa shape index (κ2) is 16.9. The van der Waals surface area contributed by atoms with E-state index in [1.54, 1.807) is 12.3 Å². The monoisotopic (exact) mass is 684 g/mol. The van der Waals surface area contributed by atoms with Crippen LogP contribution in [0.2, 0.25) is 0 Å². The van der Waals surface area contributed by atoms with Crippen molar-refractivity contribution < 1.29 is 31.5 Å².